The summed E-state index contributed by atoms with van der Waals surface area (Å²) in [6.45, 7) is 0. The number of carbonyl (C=O) groups is 2. The van der Waals surface area contributed by atoms with Gasteiger partial charge in [-0.3, -0.25) is 4.79 Å². The summed E-state index contributed by atoms with van der Waals surface area (Å²) in [7, 11) is 0. The first-order valence-corrected chi connectivity index (χ1v) is 10.5. The summed E-state index contributed by atoms with van der Waals surface area (Å²) in [5.41, 5.74) is 3.24. The van der Waals surface area contributed by atoms with Crippen molar-refractivity contribution in [2.24, 2.45) is 0 Å². The van der Waals surface area contributed by atoms with Crippen molar-refractivity contribution in [1.29, 1.82) is 0 Å². The Bertz CT molecular complexity index is 1220. The van der Waals surface area contributed by atoms with E-state index in [-0.39, 0.29) is 18.7 Å². The second kappa shape index (κ2) is 8.69. The third-order valence-corrected chi connectivity index (χ3v) is 5.87. The van der Waals surface area contributed by atoms with Crippen LogP contribution in [0.25, 0.3) is 21.5 Å². The summed E-state index contributed by atoms with van der Waals surface area (Å²) >= 11 is 7.44. The first-order chi connectivity index (χ1) is 14.5. The van der Waals surface area contributed by atoms with Crippen LogP contribution in [0.5, 0.6) is 0 Å². The molecule has 0 aliphatic rings. The van der Waals surface area contributed by atoms with Crippen molar-refractivity contribution in [3.8, 4) is 10.6 Å². The van der Waals surface area contributed by atoms with Gasteiger partial charge in [-0.05, 0) is 23.8 Å². The number of benzene rings is 2. The van der Waals surface area contributed by atoms with Crippen molar-refractivity contribution >= 4 is 45.7 Å². The van der Waals surface area contributed by atoms with Crippen molar-refractivity contribution in [2.75, 3.05) is 0 Å². The number of hydrogen-bond donors (Lipinski definition) is 3. The SMILES string of the molecule is O=C(Cc1csc(-c2cccc(Cl)c2)n1)NC(Cc1c[nH]c2ccccc12)C(=O)O. The molecule has 6 nitrogen and oxygen atoms in total. The number of carbonyl (C=O) groups excluding carboxylic acids is 1. The van der Waals surface area contributed by atoms with Crippen LogP contribution < -0.4 is 5.32 Å². The number of carboxylic acids is 1. The molecule has 0 fully saturated rings. The second-order valence-electron chi connectivity index (χ2n) is 6.85. The lowest BCUT2D eigenvalue weighted by Gasteiger charge is -2.14. The number of thiazole rings is 1. The average molecular weight is 440 g/mol. The zero-order valence-corrected chi connectivity index (χ0v) is 17.3. The summed E-state index contributed by atoms with van der Waals surface area (Å²) in [5, 5.41) is 16.3. The molecular formula is C22H18ClN3O3S. The van der Waals surface area contributed by atoms with Crippen LogP contribution in [-0.4, -0.2) is 33.0 Å². The van der Waals surface area contributed by atoms with E-state index in [1.54, 1.807) is 17.6 Å². The highest BCUT2D eigenvalue weighted by molar-refractivity contribution is 7.13. The molecule has 4 rings (SSSR count). The van der Waals surface area contributed by atoms with Gasteiger partial charge in [-0.25, -0.2) is 9.78 Å². The molecule has 2 aromatic carbocycles. The number of nitrogens with zero attached hydrogens (tertiary/aromatic N) is 1. The molecule has 0 saturated heterocycles. The van der Waals surface area contributed by atoms with E-state index in [4.69, 9.17) is 11.6 Å². The molecule has 1 atom stereocenters. The molecule has 152 valence electrons. The number of fused-ring (bicyclic) bond motifs is 1. The van der Waals surface area contributed by atoms with Gasteiger partial charge in [0.1, 0.15) is 11.0 Å². The lowest BCUT2D eigenvalue weighted by Crippen LogP contribution is -2.43. The van der Waals surface area contributed by atoms with Crippen molar-refractivity contribution in [1.82, 2.24) is 15.3 Å². The Kier molecular flexibility index (Phi) is 5.83. The van der Waals surface area contributed by atoms with Crippen LogP contribution in [0.4, 0.5) is 0 Å². The van der Waals surface area contributed by atoms with Crippen molar-refractivity contribution in [2.45, 2.75) is 18.9 Å². The van der Waals surface area contributed by atoms with Crippen molar-refractivity contribution < 1.29 is 14.7 Å². The molecule has 2 aromatic heterocycles. The van der Waals surface area contributed by atoms with Crippen LogP contribution >= 0.6 is 22.9 Å². The maximum atomic E-state index is 12.5. The summed E-state index contributed by atoms with van der Waals surface area (Å²) in [6, 6.07) is 14.0. The number of aliphatic carboxylic acids is 1. The zero-order chi connectivity index (χ0) is 21.1. The first-order valence-electron chi connectivity index (χ1n) is 9.27. The molecule has 30 heavy (non-hydrogen) atoms. The molecule has 1 unspecified atom stereocenters. The van der Waals surface area contributed by atoms with E-state index in [9.17, 15) is 14.7 Å². The average Bonchev–Trinajstić information content (AvgIpc) is 3.35. The summed E-state index contributed by atoms with van der Waals surface area (Å²) in [6.07, 6.45) is 1.98. The van der Waals surface area contributed by atoms with Gasteiger partial charge < -0.3 is 15.4 Å². The highest BCUT2D eigenvalue weighted by Crippen LogP contribution is 2.26. The lowest BCUT2D eigenvalue weighted by molar-refractivity contribution is -0.141. The van der Waals surface area contributed by atoms with Gasteiger partial charge in [-0.2, -0.15) is 0 Å². The first kappa shape index (κ1) is 20.1. The minimum absolute atomic E-state index is 0.00866. The maximum Gasteiger partial charge on any atom is 0.326 e. The smallest absolute Gasteiger partial charge is 0.326 e. The zero-order valence-electron chi connectivity index (χ0n) is 15.8. The van der Waals surface area contributed by atoms with E-state index in [2.05, 4.69) is 15.3 Å². The predicted molar refractivity (Wildman–Crippen MR) is 118 cm³/mol. The number of halogens is 1. The number of aromatic amines is 1. The number of carboxylic acid groups (broad SMARTS) is 1. The van der Waals surface area contributed by atoms with Crippen molar-refractivity contribution in [3.05, 3.63) is 76.4 Å². The molecule has 2 heterocycles. The van der Waals surface area contributed by atoms with Gasteiger partial charge in [-0.15, -0.1) is 11.3 Å². The maximum absolute atomic E-state index is 12.5. The van der Waals surface area contributed by atoms with Crippen LogP contribution in [0.15, 0.2) is 60.1 Å². The highest BCUT2D eigenvalue weighted by atomic mass is 35.5. The summed E-state index contributed by atoms with van der Waals surface area (Å²) in [4.78, 5) is 31.8. The van der Waals surface area contributed by atoms with Gasteiger partial charge in [0.05, 0.1) is 12.1 Å². The standard InChI is InChI=1S/C22H18ClN3O3S/c23-15-5-3-4-13(8-15)21-25-16(12-30-21)10-20(27)26-19(22(28)29)9-14-11-24-18-7-2-1-6-17(14)18/h1-8,11-12,19,24H,9-10H2,(H,26,27)(H,28,29). The Morgan fingerprint density at radius 1 is 1.20 bits per heavy atom. The normalized spacial score (nSPS) is 12.0. The fourth-order valence-corrected chi connectivity index (χ4v) is 4.28. The number of H-pyrrole nitrogens is 1. The minimum atomic E-state index is -1.08. The number of para-hydroxylation sites is 1. The van der Waals surface area contributed by atoms with E-state index in [1.807, 2.05) is 42.5 Å². The van der Waals surface area contributed by atoms with E-state index in [1.165, 1.54) is 11.3 Å². The van der Waals surface area contributed by atoms with Gasteiger partial charge in [0.25, 0.3) is 0 Å². The number of aromatic nitrogens is 2. The molecule has 0 aliphatic heterocycles. The number of hydrogen-bond acceptors (Lipinski definition) is 4. The van der Waals surface area contributed by atoms with Crippen LogP contribution in [0.1, 0.15) is 11.3 Å². The molecule has 1 amide bonds. The highest BCUT2D eigenvalue weighted by Gasteiger charge is 2.22. The minimum Gasteiger partial charge on any atom is -0.480 e. The van der Waals surface area contributed by atoms with Crippen LogP contribution in [0.3, 0.4) is 0 Å². The van der Waals surface area contributed by atoms with E-state index in [0.29, 0.717) is 10.7 Å². The summed E-state index contributed by atoms with van der Waals surface area (Å²) < 4.78 is 0. The Morgan fingerprint density at radius 3 is 2.83 bits per heavy atom. The third kappa shape index (κ3) is 4.53. The second-order valence-corrected chi connectivity index (χ2v) is 8.15. The van der Waals surface area contributed by atoms with E-state index >= 15 is 0 Å². The van der Waals surface area contributed by atoms with Gasteiger partial charge in [-0.1, -0.05) is 41.9 Å². The lowest BCUT2D eigenvalue weighted by atomic mass is 10.0. The molecule has 0 bridgehead atoms. The number of nitrogens with one attached hydrogen (secondary N) is 2. The van der Waals surface area contributed by atoms with Crippen LogP contribution in [-0.2, 0) is 22.4 Å². The molecular weight excluding hydrogens is 422 g/mol. The largest absolute Gasteiger partial charge is 0.480 e. The molecule has 4 aromatic rings. The van der Waals surface area contributed by atoms with Gasteiger partial charge in [0, 0.05) is 39.5 Å². The monoisotopic (exact) mass is 439 g/mol. The molecule has 0 spiro atoms. The fraction of sp³-hybridized carbons (Fsp3) is 0.136. The topological polar surface area (TPSA) is 95.1 Å². The summed E-state index contributed by atoms with van der Waals surface area (Å²) in [5.74, 6) is -1.46. The molecule has 0 aliphatic carbocycles. The predicted octanol–water partition coefficient (Wildman–Crippen LogP) is 4.30. The fourth-order valence-electron chi connectivity index (χ4n) is 3.27. The van der Waals surface area contributed by atoms with Crippen LogP contribution in [0.2, 0.25) is 5.02 Å². The quantitative estimate of drug-likeness (QED) is 0.400. The molecule has 3 N–H and O–H groups in total. The number of rotatable bonds is 7. The molecule has 8 heteroatoms. The number of amides is 1. The molecule has 0 radical (unpaired) electrons. The van der Waals surface area contributed by atoms with Gasteiger partial charge >= 0.3 is 5.97 Å². The Balaban J connectivity index is 1.43. The Labute approximate surface area is 181 Å². The van der Waals surface area contributed by atoms with E-state index < -0.39 is 12.0 Å². The van der Waals surface area contributed by atoms with Crippen molar-refractivity contribution in [3.63, 3.8) is 0 Å². The molecule has 0 saturated carbocycles. The Morgan fingerprint density at radius 2 is 2.03 bits per heavy atom. The van der Waals surface area contributed by atoms with Gasteiger partial charge in [0.15, 0.2) is 0 Å². The third-order valence-electron chi connectivity index (χ3n) is 4.70. The van der Waals surface area contributed by atoms with Gasteiger partial charge in [0.2, 0.25) is 5.91 Å². The van der Waals surface area contributed by atoms with E-state index in [0.717, 1.165) is 27.0 Å². The van der Waals surface area contributed by atoms with Crippen LogP contribution in [0, 0.1) is 0 Å². The Hall–Kier alpha value is -3.16.